The van der Waals surface area contributed by atoms with Gasteiger partial charge < -0.3 is 4.74 Å². The van der Waals surface area contributed by atoms with E-state index in [-0.39, 0.29) is 35.7 Å². The van der Waals surface area contributed by atoms with E-state index in [4.69, 9.17) is 4.74 Å². The molecule has 2 saturated heterocycles. The Balaban J connectivity index is 1.70. The van der Waals surface area contributed by atoms with Gasteiger partial charge in [-0.3, -0.25) is 19.4 Å². The highest BCUT2D eigenvalue weighted by Gasteiger charge is 2.56. The third kappa shape index (κ3) is 3.53. The van der Waals surface area contributed by atoms with E-state index in [1.165, 1.54) is 4.90 Å². The molecule has 2 fully saturated rings. The summed E-state index contributed by atoms with van der Waals surface area (Å²) in [6.07, 6.45) is 4.21. The molecule has 1 aromatic carbocycles. The molecule has 1 aliphatic carbocycles. The van der Waals surface area contributed by atoms with E-state index in [1.807, 2.05) is 52.0 Å². The van der Waals surface area contributed by atoms with Crippen molar-refractivity contribution in [3.63, 3.8) is 0 Å². The van der Waals surface area contributed by atoms with Crippen molar-refractivity contribution in [2.24, 2.45) is 23.7 Å². The Labute approximate surface area is 177 Å². The Hall–Kier alpha value is -2.63. The lowest BCUT2D eigenvalue weighted by Crippen LogP contribution is -2.43. The molecule has 4 atom stereocenters. The van der Waals surface area contributed by atoms with E-state index >= 15 is 0 Å². The number of nitrogens with zero attached hydrogens (tertiary/aromatic N) is 2. The number of hydrogen-bond donors (Lipinski definition) is 0. The lowest BCUT2D eigenvalue weighted by atomic mass is 9.69. The van der Waals surface area contributed by atoms with Crippen molar-refractivity contribution < 1.29 is 19.1 Å². The number of likely N-dealkylation sites (tertiary alicyclic amines) is 1. The van der Waals surface area contributed by atoms with Gasteiger partial charge in [0.25, 0.3) is 0 Å². The van der Waals surface area contributed by atoms with Crippen LogP contribution in [-0.4, -0.2) is 35.0 Å². The number of para-hydroxylation sites is 1. The van der Waals surface area contributed by atoms with Crippen molar-refractivity contribution in [2.45, 2.75) is 52.6 Å². The summed E-state index contributed by atoms with van der Waals surface area (Å²) in [5.74, 6) is -1.38. The lowest BCUT2D eigenvalue weighted by Gasteiger charge is -2.38. The molecular formula is C24H30N2O4. The number of amides is 3. The first-order valence-corrected chi connectivity index (χ1v) is 10.8. The predicted molar refractivity (Wildman–Crippen MR) is 113 cm³/mol. The number of ether oxygens (including phenoxy) is 1. The number of rotatable bonds is 1. The number of carbonyl (C=O) groups is 3. The van der Waals surface area contributed by atoms with Crippen LogP contribution in [0.5, 0.6) is 0 Å². The van der Waals surface area contributed by atoms with Crippen molar-refractivity contribution in [2.75, 3.05) is 11.4 Å². The first kappa shape index (κ1) is 20.6. The van der Waals surface area contributed by atoms with Crippen LogP contribution in [-0.2, 0) is 14.3 Å². The number of carbonyl (C=O) groups excluding carboxylic acids is 3. The summed E-state index contributed by atoms with van der Waals surface area (Å²) in [5.41, 5.74) is 0.880. The Morgan fingerprint density at radius 3 is 2.37 bits per heavy atom. The highest BCUT2D eigenvalue weighted by Crippen LogP contribution is 2.49. The molecule has 0 bridgehead atoms. The molecule has 160 valence electrons. The van der Waals surface area contributed by atoms with Gasteiger partial charge in [0.2, 0.25) is 11.8 Å². The molecule has 3 amide bonds. The van der Waals surface area contributed by atoms with E-state index in [0.717, 1.165) is 25.0 Å². The van der Waals surface area contributed by atoms with E-state index < -0.39 is 11.5 Å². The number of anilines is 1. The molecule has 0 aromatic heterocycles. The monoisotopic (exact) mass is 410 g/mol. The maximum Gasteiger partial charge on any atom is 0.414 e. The minimum atomic E-state index is -0.592. The van der Waals surface area contributed by atoms with E-state index in [0.29, 0.717) is 12.2 Å². The molecule has 3 aliphatic rings. The average Bonchev–Trinajstić information content (AvgIpc) is 2.81. The van der Waals surface area contributed by atoms with Crippen molar-refractivity contribution in [3.05, 3.63) is 42.1 Å². The molecule has 0 saturated carbocycles. The van der Waals surface area contributed by atoms with Crippen molar-refractivity contribution in [1.29, 1.82) is 0 Å². The second-order valence-corrected chi connectivity index (χ2v) is 9.58. The van der Waals surface area contributed by atoms with Crippen LogP contribution in [0.4, 0.5) is 10.5 Å². The van der Waals surface area contributed by atoms with Gasteiger partial charge in [-0.15, -0.1) is 0 Å². The van der Waals surface area contributed by atoms with Crippen LogP contribution >= 0.6 is 0 Å². The quantitative estimate of drug-likeness (QED) is 0.645. The minimum Gasteiger partial charge on any atom is -0.443 e. The molecule has 0 spiro atoms. The first-order valence-electron chi connectivity index (χ1n) is 10.8. The van der Waals surface area contributed by atoms with Crippen LogP contribution in [0.15, 0.2) is 42.1 Å². The normalized spacial score (nSPS) is 29.1. The molecule has 0 N–H and O–H groups in total. The number of benzene rings is 1. The average molecular weight is 411 g/mol. The summed E-state index contributed by atoms with van der Waals surface area (Å²) in [6.45, 7) is 8.10. The largest absolute Gasteiger partial charge is 0.443 e. The summed E-state index contributed by atoms with van der Waals surface area (Å²) < 4.78 is 5.65. The van der Waals surface area contributed by atoms with E-state index in [9.17, 15) is 14.4 Å². The Morgan fingerprint density at radius 2 is 1.70 bits per heavy atom. The highest BCUT2D eigenvalue weighted by atomic mass is 16.6. The second kappa shape index (κ2) is 7.56. The minimum absolute atomic E-state index is 0.130. The van der Waals surface area contributed by atoms with Gasteiger partial charge in [0.15, 0.2) is 0 Å². The van der Waals surface area contributed by atoms with Crippen molar-refractivity contribution in [3.8, 4) is 0 Å². The Kier molecular flexibility index (Phi) is 5.20. The van der Waals surface area contributed by atoms with Crippen molar-refractivity contribution in [1.82, 2.24) is 4.90 Å². The van der Waals surface area contributed by atoms with Gasteiger partial charge in [0.1, 0.15) is 5.60 Å². The second-order valence-electron chi connectivity index (χ2n) is 9.58. The summed E-state index contributed by atoms with van der Waals surface area (Å²) in [5, 5.41) is 0. The number of hydrogen-bond acceptors (Lipinski definition) is 4. The molecule has 6 heteroatoms. The molecule has 4 rings (SSSR count). The van der Waals surface area contributed by atoms with Crippen LogP contribution in [0.25, 0.3) is 0 Å². The SMILES string of the molecule is C[C@H]1C=C2[C@@H](CCCCN2C(=O)OC(C)(C)C)[C@@H]2C(=O)N(c3ccccc3)C(=O)[C@@H]21. The summed E-state index contributed by atoms with van der Waals surface area (Å²) in [7, 11) is 0. The Bertz CT molecular complexity index is 886. The lowest BCUT2D eigenvalue weighted by molar-refractivity contribution is -0.123. The van der Waals surface area contributed by atoms with Crippen LogP contribution in [0.1, 0.15) is 47.0 Å². The van der Waals surface area contributed by atoms with Crippen LogP contribution < -0.4 is 4.90 Å². The fourth-order valence-electron chi connectivity index (χ4n) is 5.09. The van der Waals surface area contributed by atoms with E-state index in [2.05, 4.69) is 0 Å². The Morgan fingerprint density at radius 1 is 1.03 bits per heavy atom. The van der Waals surface area contributed by atoms with Gasteiger partial charge in [0.05, 0.1) is 17.5 Å². The van der Waals surface area contributed by atoms with Gasteiger partial charge in [-0.2, -0.15) is 0 Å². The van der Waals surface area contributed by atoms with Crippen LogP contribution in [0.2, 0.25) is 0 Å². The molecule has 2 aliphatic heterocycles. The standard InChI is InChI=1S/C24H30N2O4/c1-15-14-18-17(12-8-9-13-25(18)23(29)30-24(2,3)4)20-19(15)21(27)26(22(20)28)16-10-6-5-7-11-16/h5-7,10-11,14-15,17,19-20H,8-9,12-13H2,1-4H3/t15-,17+,19+,20-/m0/s1. The maximum atomic E-state index is 13.5. The van der Waals surface area contributed by atoms with Gasteiger partial charge in [0, 0.05) is 18.2 Å². The third-order valence-electron chi connectivity index (χ3n) is 6.30. The summed E-state index contributed by atoms with van der Waals surface area (Å²) in [4.78, 5) is 42.8. The van der Waals surface area contributed by atoms with Crippen LogP contribution in [0.3, 0.4) is 0 Å². The predicted octanol–water partition coefficient (Wildman–Crippen LogP) is 4.36. The summed E-state index contributed by atoms with van der Waals surface area (Å²) >= 11 is 0. The van der Waals surface area contributed by atoms with Crippen LogP contribution in [0, 0.1) is 23.7 Å². The third-order valence-corrected chi connectivity index (χ3v) is 6.30. The molecule has 0 radical (unpaired) electrons. The van der Waals surface area contributed by atoms with Gasteiger partial charge in [-0.25, -0.2) is 4.79 Å². The molecule has 6 nitrogen and oxygen atoms in total. The topological polar surface area (TPSA) is 66.9 Å². The van der Waals surface area contributed by atoms with Gasteiger partial charge in [-0.1, -0.05) is 37.6 Å². The van der Waals surface area contributed by atoms with Gasteiger partial charge in [-0.05, 0) is 51.7 Å². The molecule has 30 heavy (non-hydrogen) atoms. The smallest absolute Gasteiger partial charge is 0.414 e. The van der Waals surface area contributed by atoms with E-state index in [1.54, 1.807) is 17.0 Å². The first-order chi connectivity index (χ1) is 14.2. The fourth-order valence-corrected chi connectivity index (χ4v) is 5.09. The number of allylic oxidation sites excluding steroid dienone is 2. The van der Waals surface area contributed by atoms with Crippen molar-refractivity contribution >= 4 is 23.6 Å². The zero-order valence-corrected chi connectivity index (χ0v) is 18.1. The summed E-state index contributed by atoms with van der Waals surface area (Å²) in [6, 6.07) is 9.13. The highest BCUT2D eigenvalue weighted by molar-refractivity contribution is 6.22. The number of imide groups is 1. The maximum absolute atomic E-state index is 13.5. The molecular weight excluding hydrogens is 380 g/mol. The van der Waals surface area contributed by atoms with Gasteiger partial charge >= 0.3 is 6.09 Å². The molecule has 2 heterocycles. The molecule has 1 aromatic rings. The zero-order valence-electron chi connectivity index (χ0n) is 18.1. The zero-order chi connectivity index (χ0) is 21.6. The molecule has 0 unspecified atom stereocenters. The fraction of sp³-hybridized carbons (Fsp3) is 0.542. The number of fused-ring (bicyclic) bond motifs is 3.